The van der Waals surface area contributed by atoms with Gasteiger partial charge in [-0.1, -0.05) is 11.6 Å². The van der Waals surface area contributed by atoms with Crippen LogP contribution in [-0.4, -0.2) is 41.0 Å². The molecular weight excluding hydrogens is 392 g/mol. The van der Waals surface area contributed by atoms with Gasteiger partial charge in [0.2, 0.25) is 0 Å². The molecule has 0 aliphatic rings. The van der Waals surface area contributed by atoms with Crippen LogP contribution in [0.2, 0.25) is 5.02 Å². The van der Waals surface area contributed by atoms with E-state index in [1.54, 1.807) is 5.43 Å². The van der Waals surface area contributed by atoms with Gasteiger partial charge < -0.3 is 15.4 Å². The van der Waals surface area contributed by atoms with Crippen molar-refractivity contribution in [3.05, 3.63) is 34.6 Å². The zero-order valence-corrected chi connectivity index (χ0v) is 13.9. The van der Waals surface area contributed by atoms with Gasteiger partial charge in [0.25, 0.3) is 5.72 Å². The number of halogens is 7. The fraction of sp³-hybridized carbons (Fsp3) is 0.385. The van der Waals surface area contributed by atoms with Crippen LogP contribution in [0.1, 0.15) is 5.56 Å². The highest BCUT2D eigenvalue weighted by Crippen LogP contribution is 2.35. The fourth-order valence-electron chi connectivity index (χ4n) is 1.59. The molecule has 6 nitrogen and oxygen atoms in total. The minimum absolute atomic E-state index is 0.337. The molecule has 3 N–H and O–H groups in total. The Balaban J connectivity index is 3.19. The molecule has 0 aromatic carbocycles. The third-order valence-corrected chi connectivity index (χ3v) is 3.13. The van der Waals surface area contributed by atoms with Gasteiger partial charge in [-0.3, -0.25) is 0 Å². The van der Waals surface area contributed by atoms with Gasteiger partial charge in [0, 0.05) is 26.5 Å². The van der Waals surface area contributed by atoms with E-state index in [0.29, 0.717) is 18.5 Å². The van der Waals surface area contributed by atoms with Crippen molar-refractivity contribution in [2.75, 3.05) is 19.5 Å². The normalized spacial score (nSPS) is 15.2. The number of hydrogen-bond donors (Lipinski definition) is 3. The SMILES string of the molecule is CN(C)/C=C(\C#N)[C@](O)(NNc1ncc(C(F)(F)F)cc1Cl)C(F)(F)F. The number of rotatable bonds is 5. The van der Waals surface area contributed by atoms with E-state index < -0.39 is 40.1 Å². The van der Waals surface area contributed by atoms with Crippen molar-refractivity contribution < 1.29 is 31.4 Å². The summed E-state index contributed by atoms with van der Waals surface area (Å²) >= 11 is 5.56. The van der Waals surface area contributed by atoms with Gasteiger partial charge in [-0.2, -0.15) is 37.0 Å². The van der Waals surface area contributed by atoms with Crippen molar-refractivity contribution in [3.63, 3.8) is 0 Å². The Bertz CT molecular complexity index is 727. The quantitative estimate of drug-likeness (QED) is 0.303. The van der Waals surface area contributed by atoms with E-state index in [-0.39, 0.29) is 0 Å². The van der Waals surface area contributed by atoms with Crippen LogP contribution < -0.4 is 10.9 Å². The lowest BCUT2D eigenvalue weighted by Crippen LogP contribution is -2.60. The summed E-state index contributed by atoms with van der Waals surface area (Å²) in [6.07, 6.45) is -9.07. The molecule has 0 fully saturated rings. The van der Waals surface area contributed by atoms with Gasteiger partial charge in [0.05, 0.1) is 10.6 Å². The van der Waals surface area contributed by atoms with E-state index in [0.717, 1.165) is 4.90 Å². The van der Waals surface area contributed by atoms with Crippen LogP contribution in [-0.2, 0) is 6.18 Å². The molecule has 1 heterocycles. The Kier molecular flexibility index (Phi) is 6.35. The molecular formula is C13H12ClF6N5O. The van der Waals surface area contributed by atoms with Crippen molar-refractivity contribution in [3.8, 4) is 6.07 Å². The number of pyridine rings is 1. The standard InChI is InChI=1S/C13H12ClF6N5O/c1-25(2)6-8(4-21)11(26,13(18,19)20)24-23-10-9(14)3-7(5-22-10)12(15,16)17/h3,5-6,24,26H,1-2H3,(H,22,23)/b8-6+/t11-/m1/s1. The first-order chi connectivity index (χ1) is 11.7. The first-order valence-electron chi connectivity index (χ1n) is 6.56. The van der Waals surface area contributed by atoms with Gasteiger partial charge >= 0.3 is 12.4 Å². The minimum Gasteiger partial charge on any atom is -0.383 e. The van der Waals surface area contributed by atoms with E-state index in [2.05, 4.69) is 4.98 Å². The number of nitriles is 1. The predicted molar refractivity (Wildman–Crippen MR) is 79.4 cm³/mol. The molecule has 0 radical (unpaired) electrons. The maximum absolute atomic E-state index is 13.3. The van der Waals surface area contributed by atoms with Crippen LogP contribution in [0.3, 0.4) is 0 Å². The molecule has 0 saturated heterocycles. The second-order valence-corrected chi connectivity index (χ2v) is 5.54. The number of aromatic nitrogens is 1. The van der Waals surface area contributed by atoms with Crippen LogP contribution in [0.4, 0.5) is 32.2 Å². The van der Waals surface area contributed by atoms with Crippen LogP contribution in [0.5, 0.6) is 0 Å². The molecule has 1 atom stereocenters. The maximum Gasteiger partial charge on any atom is 0.438 e. The monoisotopic (exact) mass is 403 g/mol. The zero-order chi connectivity index (χ0) is 20.3. The van der Waals surface area contributed by atoms with Crippen molar-refractivity contribution in [2.45, 2.75) is 18.1 Å². The first-order valence-corrected chi connectivity index (χ1v) is 6.94. The topological polar surface area (TPSA) is 84.2 Å². The molecule has 0 amide bonds. The van der Waals surface area contributed by atoms with Crippen molar-refractivity contribution in [2.24, 2.45) is 0 Å². The fourth-order valence-corrected chi connectivity index (χ4v) is 1.80. The Morgan fingerprint density at radius 3 is 2.27 bits per heavy atom. The number of anilines is 1. The second kappa shape index (κ2) is 7.56. The largest absolute Gasteiger partial charge is 0.438 e. The third-order valence-electron chi connectivity index (χ3n) is 2.84. The summed E-state index contributed by atoms with van der Waals surface area (Å²) in [5, 5.41) is 18.2. The number of nitrogens with one attached hydrogen (secondary N) is 2. The highest BCUT2D eigenvalue weighted by molar-refractivity contribution is 6.32. The molecule has 0 aliphatic heterocycles. The molecule has 144 valence electrons. The smallest absolute Gasteiger partial charge is 0.383 e. The summed E-state index contributed by atoms with van der Waals surface area (Å²) in [6.45, 7) is 0. The Hall–Kier alpha value is -2.23. The van der Waals surface area contributed by atoms with Crippen LogP contribution >= 0.6 is 11.6 Å². The van der Waals surface area contributed by atoms with Gasteiger partial charge in [-0.15, -0.1) is 0 Å². The molecule has 1 aromatic heterocycles. The molecule has 0 spiro atoms. The Morgan fingerprint density at radius 1 is 1.31 bits per heavy atom. The predicted octanol–water partition coefficient (Wildman–Crippen LogP) is 2.89. The highest BCUT2D eigenvalue weighted by Gasteiger charge is 2.57. The summed E-state index contributed by atoms with van der Waals surface area (Å²) in [5.41, 5.74) is -2.98. The molecule has 26 heavy (non-hydrogen) atoms. The van der Waals surface area contributed by atoms with Gasteiger partial charge in [0.1, 0.15) is 11.6 Å². The number of hydrazine groups is 1. The summed E-state index contributed by atoms with van der Waals surface area (Å²) in [5.74, 6) is -0.621. The molecule has 0 unspecified atom stereocenters. The first kappa shape index (κ1) is 21.8. The lowest BCUT2D eigenvalue weighted by atomic mass is 10.1. The molecule has 1 rings (SSSR count). The van der Waals surface area contributed by atoms with E-state index in [1.165, 1.54) is 25.6 Å². The molecule has 0 aliphatic carbocycles. The lowest BCUT2D eigenvalue weighted by Gasteiger charge is -2.31. The van der Waals surface area contributed by atoms with E-state index in [9.17, 15) is 31.4 Å². The van der Waals surface area contributed by atoms with Crippen molar-refractivity contribution in [1.29, 1.82) is 5.26 Å². The minimum atomic E-state index is -5.37. The van der Waals surface area contributed by atoms with E-state index in [4.69, 9.17) is 16.9 Å². The third kappa shape index (κ3) is 4.90. The number of alkyl halides is 6. The maximum atomic E-state index is 13.3. The van der Waals surface area contributed by atoms with Crippen molar-refractivity contribution >= 4 is 17.4 Å². The average molecular weight is 404 g/mol. The molecule has 0 saturated carbocycles. The summed E-state index contributed by atoms with van der Waals surface area (Å²) < 4.78 is 77.3. The highest BCUT2D eigenvalue weighted by atomic mass is 35.5. The second-order valence-electron chi connectivity index (χ2n) is 5.13. The van der Waals surface area contributed by atoms with E-state index in [1.807, 2.05) is 0 Å². The average Bonchev–Trinajstić information content (AvgIpc) is 2.48. The zero-order valence-electron chi connectivity index (χ0n) is 13.2. The summed E-state index contributed by atoms with van der Waals surface area (Å²) in [7, 11) is 2.63. The molecule has 13 heteroatoms. The van der Waals surface area contributed by atoms with E-state index >= 15 is 0 Å². The Labute approximate surface area is 148 Å². The Morgan fingerprint density at radius 2 is 1.88 bits per heavy atom. The van der Waals surface area contributed by atoms with Gasteiger partial charge in [0.15, 0.2) is 5.82 Å². The molecule has 0 bridgehead atoms. The van der Waals surface area contributed by atoms with Gasteiger partial charge in [-0.25, -0.2) is 4.98 Å². The lowest BCUT2D eigenvalue weighted by molar-refractivity contribution is -0.252. The van der Waals surface area contributed by atoms with Crippen LogP contribution in [0.15, 0.2) is 24.0 Å². The van der Waals surface area contributed by atoms with Crippen molar-refractivity contribution in [1.82, 2.24) is 15.3 Å². The number of nitrogens with zero attached hydrogens (tertiary/aromatic N) is 3. The molecule has 1 aromatic rings. The van der Waals surface area contributed by atoms with Crippen LogP contribution in [0.25, 0.3) is 0 Å². The van der Waals surface area contributed by atoms with Gasteiger partial charge in [-0.05, 0) is 6.07 Å². The summed E-state index contributed by atoms with van der Waals surface area (Å²) in [4.78, 5) is 4.34. The summed E-state index contributed by atoms with van der Waals surface area (Å²) in [6, 6.07) is 1.64. The number of hydrogen-bond acceptors (Lipinski definition) is 6. The number of aliphatic hydroxyl groups is 1. The van der Waals surface area contributed by atoms with Crippen LogP contribution in [0, 0.1) is 11.3 Å².